The smallest absolute Gasteiger partial charge is 0.264 e. The minimum Gasteiger partial charge on any atom is -0.368 e. The van der Waals surface area contributed by atoms with Gasteiger partial charge in [-0.3, -0.25) is 9.36 Å². The topological polar surface area (TPSA) is 85.8 Å². The molecule has 0 spiro atoms. The number of nitrogens with one attached hydrogen (secondary N) is 1. The van der Waals surface area contributed by atoms with E-state index in [2.05, 4.69) is 15.3 Å². The third-order valence-electron chi connectivity index (χ3n) is 4.83. The molecule has 3 N–H and O–H groups in total. The Morgan fingerprint density at radius 1 is 1.17 bits per heavy atom. The molecule has 4 aromatic rings. The van der Waals surface area contributed by atoms with Crippen LogP contribution in [0.3, 0.4) is 0 Å². The van der Waals surface area contributed by atoms with Gasteiger partial charge in [0.05, 0.1) is 21.3 Å². The summed E-state index contributed by atoms with van der Waals surface area (Å²) in [5.41, 5.74) is 7.17. The zero-order valence-electron chi connectivity index (χ0n) is 16.5. The number of nitrogen functional groups attached to an aromatic ring is 1. The largest absolute Gasteiger partial charge is 0.368 e. The van der Waals surface area contributed by atoms with E-state index in [1.165, 1.54) is 11.8 Å². The van der Waals surface area contributed by atoms with Crippen molar-refractivity contribution < 1.29 is 0 Å². The van der Waals surface area contributed by atoms with Crippen LogP contribution in [0, 0.1) is 0 Å². The molecule has 0 aliphatic heterocycles. The molecular formula is C22H20ClN5OS. The normalized spacial score (nSPS) is 12.1. The van der Waals surface area contributed by atoms with E-state index in [0.29, 0.717) is 16.2 Å². The number of pyridine rings is 1. The van der Waals surface area contributed by atoms with Crippen molar-refractivity contribution in [1.29, 1.82) is 0 Å². The Labute approximate surface area is 183 Å². The third-order valence-corrected chi connectivity index (χ3v) is 5.88. The first-order valence-corrected chi connectivity index (χ1v) is 10.9. The number of halogens is 1. The third kappa shape index (κ3) is 3.74. The predicted molar refractivity (Wildman–Crippen MR) is 125 cm³/mol. The standard InChI is InChI=1S/C22H20ClN5OS/c1-13(26-20-18(30-2)12-25-22(24)27-20)17-11-14-7-6-10-16(23)19(14)21(29)28(17)15-8-4-3-5-9-15/h3-13H,1-2H3,(H3,24,25,26,27)/t13-/m0/s1. The Kier molecular flexibility index (Phi) is 5.65. The number of thioether (sulfide) groups is 1. The number of nitrogens with two attached hydrogens (primary N) is 1. The van der Waals surface area contributed by atoms with Crippen LogP contribution in [-0.2, 0) is 0 Å². The average molecular weight is 438 g/mol. The molecule has 4 rings (SSSR count). The van der Waals surface area contributed by atoms with Gasteiger partial charge in [-0.15, -0.1) is 11.8 Å². The van der Waals surface area contributed by atoms with Crippen LogP contribution in [0.1, 0.15) is 18.7 Å². The summed E-state index contributed by atoms with van der Waals surface area (Å²) in [5.74, 6) is 0.814. The van der Waals surface area contributed by atoms with Crippen LogP contribution in [0.4, 0.5) is 11.8 Å². The van der Waals surface area contributed by atoms with Crippen LogP contribution in [0.15, 0.2) is 70.5 Å². The molecule has 0 amide bonds. The monoisotopic (exact) mass is 437 g/mol. The molecular weight excluding hydrogens is 418 g/mol. The van der Waals surface area contributed by atoms with E-state index in [4.69, 9.17) is 17.3 Å². The minimum atomic E-state index is -0.249. The number of anilines is 2. The molecule has 0 aliphatic rings. The van der Waals surface area contributed by atoms with E-state index < -0.39 is 0 Å². The summed E-state index contributed by atoms with van der Waals surface area (Å²) in [4.78, 5) is 22.8. The second-order valence-corrected chi connectivity index (χ2v) is 8.02. The molecule has 0 radical (unpaired) electrons. The lowest BCUT2D eigenvalue weighted by Gasteiger charge is -2.22. The maximum Gasteiger partial charge on any atom is 0.264 e. The first-order valence-electron chi connectivity index (χ1n) is 9.32. The first-order chi connectivity index (χ1) is 14.5. The number of para-hydroxylation sites is 1. The lowest BCUT2D eigenvalue weighted by atomic mass is 10.1. The highest BCUT2D eigenvalue weighted by Crippen LogP contribution is 2.29. The Morgan fingerprint density at radius 2 is 1.93 bits per heavy atom. The van der Waals surface area contributed by atoms with Crippen LogP contribution >= 0.6 is 23.4 Å². The molecule has 0 aliphatic carbocycles. The highest BCUT2D eigenvalue weighted by atomic mass is 35.5. The van der Waals surface area contributed by atoms with Gasteiger partial charge in [-0.05, 0) is 42.8 Å². The maximum absolute atomic E-state index is 13.5. The van der Waals surface area contributed by atoms with Crippen LogP contribution in [0.2, 0.25) is 5.02 Å². The number of rotatable bonds is 5. The Balaban J connectivity index is 1.92. The minimum absolute atomic E-state index is 0.166. The molecule has 0 saturated carbocycles. The summed E-state index contributed by atoms with van der Waals surface area (Å²) in [6, 6.07) is 16.7. The van der Waals surface area contributed by atoms with E-state index in [1.54, 1.807) is 16.8 Å². The van der Waals surface area contributed by atoms with Crippen molar-refractivity contribution in [1.82, 2.24) is 14.5 Å². The van der Waals surface area contributed by atoms with Gasteiger partial charge in [0.1, 0.15) is 5.82 Å². The molecule has 2 heterocycles. The maximum atomic E-state index is 13.5. The number of hydrogen-bond acceptors (Lipinski definition) is 6. The van der Waals surface area contributed by atoms with Gasteiger partial charge in [-0.1, -0.05) is 41.9 Å². The van der Waals surface area contributed by atoms with Gasteiger partial charge in [0.15, 0.2) is 0 Å². The Bertz CT molecular complexity index is 1280. The van der Waals surface area contributed by atoms with Crippen molar-refractivity contribution in [3.63, 3.8) is 0 Å². The van der Waals surface area contributed by atoms with Gasteiger partial charge in [0, 0.05) is 17.6 Å². The first kappa shape index (κ1) is 20.3. The molecule has 30 heavy (non-hydrogen) atoms. The van der Waals surface area contributed by atoms with Gasteiger partial charge < -0.3 is 11.1 Å². The fourth-order valence-corrected chi connectivity index (χ4v) is 4.14. The van der Waals surface area contributed by atoms with Crippen molar-refractivity contribution in [2.45, 2.75) is 17.9 Å². The number of nitrogens with zero attached hydrogens (tertiary/aromatic N) is 3. The SMILES string of the molecule is CSc1cnc(N)nc1N[C@@H](C)c1cc2cccc(Cl)c2c(=O)n1-c1ccccc1. The molecule has 0 unspecified atom stereocenters. The molecule has 152 valence electrons. The summed E-state index contributed by atoms with van der Waals surface area (Å²) in [6.45, 7) is 1.98. The van der Waals surface area contributed by atoms with E-state index >= 15 is 0 Å². The predicted octanol–water partition coefficient (Wildman–Crippen LogP) is 4.91. The summed E-state index contributed by atoms with van der Waals surface area (Å²) in [5, 5.41) is 5.11. The lowest BCUT2D eigenvalue weighted by Crippen LogP contribution is -2.26. The van der Waals surface area contributed by atoms with Crippen molar-refractivity contribution in [2.75, 3.05) is 17.3 Å². The van der Waals surface area contributed by atoms with E-state index in [-0.39, 0.29) is 17.5 Å². The van der Waals surface area contributed by atoms with Gasteiger partial charge in [0.25, 0.3) is 5.56 Å². The molecule has 8 heteroatoms. The number of benzene rings is 2. The number of aromatic nitrogens is 3. The van der Waals surface area contributed by atoms with Crippen molar-refractivity contribution in [3.05, 3.63) is 81.9 Å². The van der Waals surface area contributed by atoms with Gasteiger partial charge in [0.2, 0.25) is 5.95 Å². The van der Waals surface area contributed by atoms with Crippen LogP contribution in [0.25, 0.3) is 16.5 Å². The van der Waals surface area contributed by atoms with E-state index in [0.717, 1.165) is 21.7 Å². The van der Waals surface area contributed by atoms with Crippen molar-refractivity contribution in [3.8, 4) is 5.69 Å². The molecule has 0 fully saturated rings. The molecule has 0 saturated heterocycles. The fourth-order valence-electron chi connectivity index (χ4n) is 3.42. The zero-order valence-corrected chi connectivity index (χ0v) is 18.0. The van der Waals surface area contributed by atoms with Crippen molar-refractivity contribution >= 4 is 45.9 Å². The lowest BCUT2D eigenvalue weighted by molar-refractivity contribution is 0.769. The Hall–Kier alpha value is -3.03. The summed E-state index contributed by atoms with van der Waals surface area (Å²) >= 11 is 7.90. The van der Waals surface area contributed by atoms with Crippen molar-refractivity contribution in [2.24, 2.45) is 0 Å². The van der Waals surface area contributed by atoms with E-state index in [1.807, 2.05) is 61.7 Å². The summed E-state index contributed by atoms with van der Waals surface area (Å²) in [6.07, 6.45) is 3.63. The highest BCUT2D eigenvalue weighted by molar-refractivity contribution is 7.98. The van der Waals surface area contributed by atoms with Crippen LogP contribution in [0.5, 0.6) is 0 Å². The van der Waals surface area contributed by atoms with Crippen LogP contribution < -0.4 is 16.6 Å². The summed E-state index contributed by atoms with van der Waals surface area (Å²) in [7, 11) is 0. The molecule has 2 aromatic heterocycles. The number of fused-ring (bicyclic) bond motifs is 1. The average Bonchev–Trinajstić information content (AvgIpc) is 2.74. The van der Waals surface area contributed by atoms with Gasteiger partial charge >= 0.3 is 0 Å². The molecule has 6 nitrogen and oxygen atoms in total. The van der Waals surface area contributed by atoms with Gasteiger partial charge in [-0.25, -0.2) is 4.98 Å². The zero-order chi connectivity index (χ0) is 21.3. The van der Waals surface area contributed by atoms with Gasteiger partial charge in [-0.2, -0.15) is 4.98 Å². The van der Waals surface area contributed by atoms with E-state index in [9.17, 15) is 4.79 Å². The second-order valence-electron chi connectivity index (χ2n) is 6.76. The van der Waals surface area contributed by atoms with Crippen LogP contribution in [-0.4, -0.2) is 20.8 Å². The second kappa shape index (κ2) is 8.38. The Morgan fingerprint density at radius 3 is 2.67 bits per heavy atom. The molecule has 2 aromatic carbocycles. The highest BCUT2D eigenvalue weighted by Gasteiger charge is 2.19. The quantitative estimate of drug-likeness (QED) is 0.431. The molecule has 1 atom stereocenters. The molecule has 0 bridgehead atoms. The fraction of sp³-hybridized carbons (Fsp3) is 0.136. The summed E-state index contributed by atoms with van der Waals surface area (Å²) < 4.78 is 1.69. The number of hydrogen-bond donors (Lipinski definition) is 2.